The van der Waals surface area contributed by atoms with Crippen LogP contribution in [0.25, 0.3) is 0 Å². The molecule has 19 heavy (non-hydrogen) atoms. The molecule has 0 radical (unpaired) electrons. The molecule has 0 saturated heterocycles. The highest BCUT2D eigenvalue weighted by atomic mass is 32.1. The SMILES string of the molecule is CNc1ncccc1C(=O)NC(C)Cc1ccsc1. The van der Waals surface area contributed by atoms with Crippen molar-refractivity contribution < 1.29 is 4.79 Å². The average molecular weight is 275 g/mol. The first-order valence-corrected chi connectivity index (χ1v) is 7.09. The molecule has 0 spiro atoms. The van der Waals surface area contributed by atoms with Gasteiger partial charge in [0.25, 0.3) is 5.91 Å². The topological polar surface area (TPSA) is 54.0 Å². The van der Waals surface area contributed by atoms with Crippen molar-refractivity contribution >= 4 is 23.1 Å². The zero-order chi connectivity index (χ0) is 13.7. The van der Waals surface area contributed by atoms with E-state index in [0.29, 0.717) is 11.4 Å². The lowest BCUT2D eigenvalue weighted by atomic mass is 10.1. The molecule has 0 fully saturated rings. The van der Waals surface area contributed by atoms with Gasteiger partial charge in [-0.05, 0) is 47.9 Å². The highest BCUT2D eigenvalue weighted by molar-refractivity contribution is 7.07. The molecule has 2 aromatic heterocycles. The minimum atomic E-state index is -0.0971. The summed E-state index contributed by atoms with van der Waals surface area (Å²) in [5.41, 5.74) is 1.82. The molecule has 0 aliphatic rings. The number of aromatic nitrogens is 1. The summed E-state index contributed by atoms with van der Waals surface area (Å²) in [4.78, 5) is 16.3. The van der Waals surface area contributed by atoms with Crippen LogP contribution in [-0.2, 0) is 6.42 Å². The normalized spacial score (nSPS) is 11.9. The molecule has 1 atom stereocenters. The van der Waals surface area contributed by atoms with E-state index >= 15 is 0 Å². The van der Waals surface area contributed by atoms with Crippen LogP contribution in [0.1, 0.15) is 22.8 Å². The molecule has 1 amide bonds. The molecule has 0 aromatic carbocycles. The average Bonchev–Trinajstić information content (AvgIpc) is 2.91. The molecule has 0 aliphatic heterocycles. The van der Waals surface area contributed by atoms with Gasteiger partial charge in [0.05, 0.1) is 5.56 Å². The highest BCUT2D eigenvalue weighted by Gasteiger charge is 2.14. The fourth-order valence-electron chi connectivity index (χ4n) is 1.90. The molecular weight excluding hydrogens is 258 g/mol. The van der Waals surface area contributed by atoms with Crippen molar-refractivity contribution in [1.29, 1.82) is 0 Å². The maximum atomic E-state index is 12.2. The van der Waals surface area contributed by atoms with E-state index in [9.17, 15) is 4.79 Å². The van der Waals surface area contributed by atoms with E-state index in [1.807, 2.05) is 12.3 Å². The second-order valence-corrected chi connectivity index (χ2v) is 5.14. The molecule has 5 heteroatoms. The van der Waals surface area contributed by atoms with E-state index in [1.54, 1.807) is 36.7 Å². The Hall–Kier alpha value is -1.88. The highest BCUT2D eigenvalue weighted by Crippen LogP contribution is 2.12. The summed E-state index contributed by atoms with van der Waals surface area (Å²) < 4.78 is 0. The van der Waals surface area contributed by atoms with Crippen LogP contribution in [-0.4, -0.2) is 24.0 Å². The molecule has 2 aromatic rings. The van der Waals surface area contributed by atoms with Crippen molar-refractivity contribution in [2.24, 2.45) is 0 Å². The van der Waals surface area contributed by atoms with Gasteiger partial charge in [-0.25, -0.2) is 4.98 Å². The van der Waals surface area contributed by atoms with Crippen LogP contribution in [0, 0.1) is 0 Å². The third-order valence-corrected chi connectivity index (χ3v) is 3.52. The van der Waals surface area contributed by atoms with Crippen LogP contribution in [0.3, 0.4) is 0 Å². The van der Waals surface area contributed by atoms with Gasteiger partial charge in [0.1, 0.15) is 5.82 Å². The van der Waals surface area contributed by atoms with Crippen LogP contribution in [0.4, 0.5) is 5.82 Å². The number of hydrogen-bond donors (Lipinski definition) is 2. The molecule has 0 bridgehead atoms. The molecule has 2 N–H and O–H groups in total. The van der Waals surface area contributed by atoms with Crippen LogP contribution in [0.2, 0.25) is 0 Å². The number of rotatable bonds is 5. The smallest absolute Gasteiger partial charge is 0.255 e. The van der Waals surface area contributed by atoms with Crippen molar-refractivity contribution in [2.45, 2.75) is 19.4 Å². The first-order valence-electron chi connectivity index (χ1n) is 6.15. The summed E-state index contributed by atoms with van der Waals surface area (Å²) in [6.45, 7) is 2.00. The van der Waals surface area contributed by atoms with Crippen LogP contribution in [0.5, 0.6) is 0 Å². The van der Waals surface area contributed by atoms with Gasteiger partial charge in [-0.3, -0.25) is 4.79 Å². The van der Waals surface area contributed by atoms with E-state index in [4.69, 9.17) is 0 Å². The number of nitrogens with one attached hydrogen (secondary N) is 2. The first kappa shape index (κ1) is 13.5. The summed E-state index contributed by atoms with van der Waals surface area (Å²) >= 11 is 1.67. The molecule has 0 aliphatic carbocycles. The number of thiophene rings is 1. The largest absolute Gasteiger partial charge is 0.372 e. The van der Waals surface area contributed by atoms with Gasteiger partial charge in [0.2, 0.25) is 0 Å². The predicted molar refractivity (Wildman–Crippen MR) is 78.7 cm³/mol. The molecule has 2 heterocycles. The first-order chi connectivity index (χ1) is 9.20. The van der Waals surface area contributed by atoms with Crippen molar-refractivity contribution in [3.05, 3.63) is 46.3 Å². The molecule has 100 valence electrons. The summed E-state index contributed by atoms with van der Waals surface area (Å²) in [7, 11) is 1.76. The Morgan fingerprint density at radius 2 is 2.32 bits per heavy atom. The number of hydrogen-bond acceptors (Lipinski definition) is 4. The van der Waals surface area contributed by atoms with Crippen molar-refractivity contribution in [3.63, 3.8) is 0 Å². The third-order valence-electron chi connectivity index (χ3n) is 2.79. The van der Waals surface area contributed by atoms with E-state index in [0.717, 1.165) is 6.42 Å². The Balaban J connectivity index is 2.00. The summed E-state index contributed by atoms with van der Waals surface area (Å²) in [5.74, 6) is 0.503. The molecular formula is C14H17N3OS. The van der Waals surface area contributed by atoms with Gasteiger partial charge in [-0.1, -0.05) is 0 Å². The minimum Gasteiger partial charge on any atom is -0.372 e. The van der Waals surface area contributed by atoms with Gasteiger partial charge < -0.3 is 10.6 Å². The zero-order valence-corrected chi connectivity index (χ0v) is 11.8. The van der Waals surface area contributed by atoms with Gasteiger partial charge >= 0.3 is 0 Å². The Morgan fingerprint density at radius 3 is 3.00 bits per heavy atom. The quantitative estimate of drug-likeness (QED) is 0.881. The predicted octanol–water partition coefficient (Wildman–Crippen LogP) is 2.55. The van der Waals surface area contributed by atoms with Crippen LogP contribution in [0.15, 0.2) is 35.2 Å². The summed E-state index contributed by atoms with van der Waals surface area (Å²) in [6, 6.07) is 5.70. The van der Waals surface area contributed by atoms with Crippen molar-refractivity contribution in [1.82, 2.24) is 10.3 Å². The van der Waals surface area contributed by atoms with Gasteiger partial charge in [-0.2, -0.15) is 11.3 Å². The lowest BCUT2D eigenvalue weighted by Gasteiger charge is -2.14. The molecule has 4 nitrogen and oxygen atoms in total. The van der Waals surface area contributed by atoms with Crippen LogP contribution >= 0.6 is 11.3 Å². The van der Waals surface area contributed by atoms with E-state index < -0.39 is 0 Å². The van der Waals surface area contributed by atoms with E-state index in [-0.39, 0.29) is 11.9 Å². The number of carbonyl (C=O) groups is 1. The van der Waals surface area contributed by atoms with Gasteiger partial charge in [0.15, 0.2) is 0 Å². The Morgan fingerprint density at radius 1 is 1.47 bits per heavy atom. The second-order valence-electron chi connectivity index (χ2n) is 4.36. The van der Waals surface area contributed by atoms with Gasteiger partial charge in [-0.15, -0.1) is 0 Å². The Bertz CT molecular complexity index is 539. The fraction of sp³-hybridized carbons (Fsp3) is 0.286. The maximum Gasteiger partial charge on any atom is 0.255 e. The van der Waals surface area contributed by atoms with Crippen LogP contribution < -0.4 is 10.6 Å². The third kappa shape index (κ3) is 3.54. The molecule has 2 rings (SSSR count). The Labute approximate surface area is 116 Å². The van der Waals surface area contributed by atoms with Crippen molar-refractivity contribution in [2.75, 3.05) is 12.4 Å². The number of anilines is 1. The standard InChI is InChI=1S/C14H17N3OS/c1-10(8-11-5-7-19-9-11)17-14(18)12-4-3-6-16-13(12)15-2/h3-7,9-10H,8H2,1-2H3,(H,15,16)(H,17,18). The van der Waals surface area contributed by atoms with E-state index in [1.165, 1.54) is 5.56 Å². The fourth-order valence-corrected chi connectivity index (χ4v) is 2.58. The number of carbonyl (C=O) groups excluding carboxylic acids is 1. The lowest BCUT2D eigenvalue weighted by molar-refractivity contribution is 0.0940. The molecule has 0 saturated carbocycles. The summed E-state index contributed by atoms with van der Waals surface area (Å²) in [5, 5.41) is 10.1. The molecule has 1 unspecified atom stereocenters. The monoisotopic (exact) mass is 275 g/mol. The van der Waals surface area contributed by atoms with E-state index in [2.05, 4.69) is 27.1 Å². The summed E-state index contributed by atoms with van der Waals surface area (Å²) in [6.07, 6.45) is 2.50. The second kappa shape index (κ2) is 6.33. The van der Waals surface area contributed by atoms with Gasteiger partial charge in [0, 0.05) is 19.3 Å². The number of amides is 1. The number of nitrogens with zero attached hydrogens (tertiary/aromatic N) is 1. The Kier molecular flexibility index (Phi) is 4.52. The maximum absolute atomic E-state index is 12.2. The zero-order valence-electron chi connectivity index (χ0n) is 11.0. The minimum absolute atomic E-state index is 0.0898. The lowest BCUT2D eigenvalue weighted by Crippen LogP contribution is -2.34. The van der Waals surface area contributed by atoms with Crippen molar-refractivity contribution in [3.8, 4) is 0 Å². The number of pyridine rings is 1.